The number of hydrogen-bond acceptors (Lipinski definition) is 4. The largest absolute Gasteiger partial charge is 0.468 e. The van der Waals surface area contributed by atoms with Crippen molar-refractivity contribution in [2.24, 2.45) is 0 Å². The van der Waals surface area contributed by atoms with Gasteiger partial charge in [0.1, 0.15) is 18.2 Å². The van der Waals surface area contributed by atoms with E-state index in [-0.39, 0.29) is 17.9 Å². The van der Waals surface area contributed by atoms with Crippen molar-refractivity contribution in [3.05, 3.63) is 77.8 Å². The van der Waals surface area contributed by atoms with Crippen molar-refractivity contribution in [1.82, 2.24) is 9.55 Å². The van der Waals surface area contributed by atoms with Gasteiger partial charge in [-0.3, -0.25) is 9.59 Å². The number of benzene rings is 2. The van der Waals surface area contributed by atoms with E-state index in [2.05, 4.69) is 9.72 Å². The summed E-state index contributed by atoms with van der Waals surface area (Å²) in [5, 5.41) is 0. The topological polar surface area (TPSA) is 61.2 Å². The number of hydrogen-bond donors (Lipinski definition) is 0. The van der Waals surface area contributed by atoms with Gasteiger partial charge in [-0.25, -0.2) is 13.8 Å². The van der Waals surface area contributed by atoms with Crippen LogP contribution in [0.1, 0.15) is 16.2 Å². The lowest BCUT2D eigenvalue weighted by Crippen LogP contribution is -2.18. The van der Waals surface area contributed by atoms with Crippen molar-refractivity contribution in [3.63, 3.8) is 0 Å². The lowest BCUT2D eigenvalue weighted by atomic mass is 10.1. The van der Waals surface area contributed by atoms with Gasteiger partial charge in [-0.2, -0.15) is 0 Å². The zero-order valence-electron chi connectivity index (χ0n) is 13.8. The van der Waals surface area contributed by atoms with Crippen molar-refractivity contribution in [2.75, 3.05) is 7.11 Å². The molecule has 0 saturated carbocycles. The first-order chi connectivity index (χ1) is 12.5. The maximum absolute atomic E-state index is 13.2. The van der Waals surface area contributed by atoms with Crippen LogP contribution in [0.4, 0.5) is 8.78 Å². The quantitative estimate of drug-likeness (QED) is 0.520. The molecule has 0 fully saturated rings. The summed E-state index contributed by atoms with van der Waals surface area (Å²) in [6.07, 6.45) is 1.42. The fraction of sp³-hybridized carbons (Fsp3) is 0.105. The minimum atomic E-state index is -0.570. The number of carbonyl (C=O) groups excluding carboxylic acids is 2. The molecule has 26 heavy (non-hydrogen) atoms. The zero-order chi connectivity index (χ0) is 18.7. The van der Waals surface area contributed by atoms with E-state index < -0.39 is 23.4 Å². The van der Waals surface area contributed by atoms with Gasteiger partial charge in [-0.05, 0) is 54.1 Å². The van der Waals surface area contributed by atoms with Gasteiger partial charge in [-0.1, -0.05) is 0 Å². The van der Waals surface area contributed by atoms with Crippen molar-refractivity contribution >= 4 is 11.8 Å². The molecule has 0 aliphatic heterocycles. The number of carbonyl (C=O) groups is 2. The summed E-state index contributed by atoms with van der Waals surface area (Å²) in [5.41, 5.74) is 1.27. The zero-order valence-corrected chi connectivity index (χ0v) is 13.8. The fourth-order valence-electron chi connectivity index (χ4n) is 2.49. The Bertz CT molecular complexity index is 948. The third-order valence-corrected chi connectivity index (χ3v) is 3.82. The average molecular weight is 356 g/mol. The Kier molecular flexibility index (Phi) is 4.88. The normalized spacial score (nSPS) is 10.6. The van der Waals surface area contributed by atoms with E-state index in [1.165, 1.54) is 66.4 Å². The molecule has 0 aliphatic carbocycles. The van der Waals surface area contributed by atoms with E-state index in [0.29, 0.717) is 11.3 Å². The molecular formula is C19H14F2N2O3. The number of ketones is 1. The molecule has 132 valence electrons. The maximum atomic E-state index is 13.2. The molecule has 5 nitrogen and oxygen atoms in total. The van der Waals surface area contributed by atoms with Crippen LogP contribution in [-0.4, -0.2) is 28.4 Å². The molecule has 0 N–H and O–H groups in total. The molecular weight excluding hydrogens is 342 g/mol. The lowest BCUT2D eigenvalue weighted by molar-refractivity contribution is -0.141. The Morgan fingerprint density at radius 2 is 1.58 bits per heavy atom. The number of ether oxygens (including phenoxy) is 1. The Labute approximate surface area is 147 Å². The summed E-state index contributed by atoms with van der Waals surface area (Å²) in [7, 11) is 1.23. The first kappa shape index (κ1) is 17.5. The Hall–Kier alpha value is -3.35. The van der Waals surface area contributed by atoms with E-state index in [0.717, 1.165) is 0 Å². The summed E-state index contributed by atoms with van der Waals surface area (Å²) in [5.74, 6) is -1.91. The van der Waals surface area contributed by atoms with Crippen LogP contribution in [0.25, 0.3) is 11.3 Å². The highest BCUT2D eigenvalue weighted by molar-refractivity contribution is 6.07. The van der Waals surface area contributed by atoms with Gasteiger partial charge >= 0.3 is 5.97 Å². The van der Waals surface area contributed by atoms with Crippen LogP contribution < -0.4 is 0 Å². The molecule has 1 aromatic heterocycles. The van der Waals surface area contributed by atoms with Gasteiger partial charge in [0.15, 0.2) is 5.82 Å². The van der Waals surface area contributed by atoms with E-state index in [4.69, 9.17) is 0 Å². The van der Waals surface area contributed by atoms with Crippen molar-refractivity contribution < 1.29 is 23.1 Å². The van der Waals surface area contributed by atoms with Crippen LogP contribution in [0.15, 0.2) is 54.7 Å². The van der Waals surface area contributed by atoms with Crippen LogP contribution in [0.5, 0.6) is 0 Å². The molecule has 0 aliphatic rings. The van der Waals surface area contributed by atoms with E-state index in [1.807, 2.05) is 0 Å². The third-order valence-electron chi connectivity index (χ3n) is 3.82. The fourth-order valence-corrected chi connectivity index (χ4v) is 2.49. The summed E-state index contributed by atoms with van der Waals surface area (Å²) < 4.78 is 32.3. The molecule has 0 amide bonds. The molecule has 7 heteroatoms. The Balaban J connectivity index is 2.07. The standard InChI is InChI=1S/C19H14F2N2O3/c1-26-17(24)11-23-16(12-2-6-14(20)7-3-12)10-22-19(23)18(25)13-4-8-15(21)9-5-13/h2-10H,11H2,1H3. The molecule has 0 unspecified atom stereocenters. The Morgan fingerprint density at radius 3 is 2.15 bits per heavy atom. The monoisotopic (exact) mass is 356 g/mol. The summed E-state index contributed by atoms with van der Waals surface area (Å²) in [6, 6.07) is 10.6. The first-order valence-electron chi connectivity index (χ1n) is 7.68. The van der Waals surface area contributed by atoms with Gasteiger partial charge in [0.2, 0.25) is 5.78 Å². The molecule has 3 rings (SSSR count). The number of halogens is 2. The van der Waals surface area contributed by atoms with Crippen molar-refractivity contribution in [2.45, 2.75) is 6.54 Å². The highest BCUT2D eigenvalue weighted by Crippen LogP contribution is 2.23. The van der Waals surface area contributed by atoms with E-state index in [1.54, 1.807) is 0 Å². The van der Waals surface area contributed by atoms with Crippen LogP contribution in [0, 0.1) is 11.6 Å². The number of methoxy groups -OCH3 is 1. The minimum Gasteiger partial charge on any atom is -0.468 e. The van der Waals surface area contributed by atoms with Gasteiger partial charge in [0, 0.05) is 5.56 Å². The van der Waals surface area contributed by atoms with E-state index in [9.17, 15) is 18.4 Å². The average Bonchev–Trinajstić information content (AvgIpc) is 3.05. The maximum Gasteiger partial charge on any atom is 0.325 e. The molecule has 0 saturated heterocycles. The smallest absolute Gasteiger partial charge is 0.325 e. The van der Waals surface area contributed by atoms with Crippen LogP contribution in [-0.2, 0) is 16.1 Å². The minimum absolute atomic E-state index is 0.00123. The molecule has 0 atom stereocenters. The predicted molar refractivity (Wildman–Crippen MR) is 89.5 cm³/mol. The van der Waals surface area contributed by atoms with Crippen LogP contribution in [0.3, 0.4) is 0 Å². The second-order valence-corrected chi connectivity index (χ2v) is 5.47. The van der Waals surface area contributed by atoms with Gasteiger partial charge < -0.3 is 9.30 Å². The van der Waals surface area contributed by atoms with Gasteiger partial charge in [0.25, 0.3) is 0 Å². The number of nitrogens with zero attached hydrogens (tertiary/aromatic N) is 2. The molecule has 2 aromatic carbocycles. The number of esters is 1. The number of aromatic nitrogens is 2. The molecule has 0 spiro atoms. The van der Waals surface area contributed by atoms with Crippen LogP contribution in [0.2, 0.25) is 0 Å². The first-order valence-corrected chi connectivity index (χ1v) is 7.68. The molecule has 1 heterocycles. The number of imidazole rings is 1. The summed E-state index contributed by atoms with van der Waals surface area (Å²) in [6.45, 7) is -0.245. The second kappa shape index (κ2) is 7.26. The molecule has 3 aromatic rings. The number of rotatable bonds is 5. The molecule has 0 bridgehead atoms. The van der Waals surface area contributed by atoms with Gasteiger partial charge in [0.05, 0.1) is 19.0 Å². The van der Waals surface area contributed by atoms with Crippen molar-refractivity contribution in [1.29, 1.82) is 0 Å². The SMILES string of the molecule is COC(=O)Cn1c(-c2ccc(F)cc2)cnc1C(=O)c1ccc(F)cc1. The summed E-state index contributed by atoms with van der Waals surface area (Å²) in [4.78, 5) is 28.6. The van der Waals surface area contributed by atoms with Crippen LogP contribution >= 0.6 is 0 Å². The van der Waals surface area contributed by atoms with E-state index >= 15 is 0 Å². The lowest BCUT2D eigenvalue weighted by Gasteiger charge is -2.10. The highest BCUT2D eigenvalue weighted by atomic mass is 19.1. The molecule has 0 radical (unpaired) electrons. The Morgan fingerprint density at radius 1 is 1.00 bits per heavy atom. The second-order valence-electron chi connectivity index (χ2n) is 5.47. The van der Waals surface area contributed by atoms with Crippen molar-refractivity contribution in [3.8, 4) is 11.3 Å². The predicted octanol–water partition coefficient (Wildman–Crippen LogP) is 3.23. The highest BCUT2D eigenvalue weighted by Gasteiger charge is 2.21. The third kappa shape index (κ3) is 3.51. The summed E-state index contributed by atoms with van der Waals surface area (Å²) >= 11 is 0. The van der Waals surface area contributed by atoms with Gasteiger partial charge in [-0.15, -0.1) is 0 Å².